The van der Waals surface area contributed by atoms with Gasteiger partial charge in [-0.15, -0.1) is 0 Å². The molecule has 0 unspecified atom stereocenters. The molecule has 0 saturated heterocycles. The Morgan fingerprint density at radius 3 is 1.00 bits per heavy atom. The third-order valence-electron chi connectivity index (χ3n) is 1.34. The zero-order valence-electron chi connectivity index (χ0n) is 10.2. The van der Waals surface area contributed by atoms with Crippen molar-refractivity contribution < 1.29 is 0 Å². The molecular weight excluding hydrogens is 216 g/mol. The predicted octanol–water partition coefficient (Wildman–Crippen LogP) is 2.24. The maximum Gasteiger partial charge on any atom is 0.00989 e. The van der Waals surface area contributed by atoms with E-state index in [2.05, 4.69) is 84.9 Å². The molecule has 0 aromatic carbocycles. The summed E-state index contributed by atoms with van der Waals surface area (Å²) in [5.41, 5.74) is 0. The van der Waals surface area contributed by atoms with Gasteiger partial charge in [0.05, 0.1) is 0 Å². The molecule has 0 aliphatic rings. The summed E-state index contributed by atoms with van der Waals surface area (Å²) in [5.74, 6) is 31.6. The molecule has 0 aromatic heterocycles. The maximum absolute atomic E-state index is 3.66. The van der Waals surface area contributed by atoms with E-state index in [-0.39, 0.29) is 0 Å². The fraction of sp³-hybridized carbons (Fsp3) is 0.222. The third-order valence-corrected chi connectivity index (χ3v) is 1.34. The predicted molar refractivity (Wildman–Crippen MR) is 75.8 cm³/mol. The molecule has 0 bridgehead atoms. The second-order valence-electron chi connectivity index (χ2n) is 2.81. The van der Waals surface area contributed by atoms with Gasteiger partial charge in [-0.25, -0.2) is 0 Å². The summed E-state index contributed by atoms with van der Waals surface area (Å²) in [6.07, 6.45) is 3.10. The minimum Gasteiger partial charge on any atom is -0.0891 e. The van der Waals surface area contributed by atoms with Gasteiger partial charge >= 0.3 is 0 Å². The average molecular weight is 228 g/mol. The summed E-state index contributed by atoms with van der Waals surface area (Å²) in [7, 11) is 0. The number of hydrogen-bond donors (Lipinski definition) is 0. The van der Waals surface area contributed by atoms with Gasteiger partial charge in [0.2, 0.25) is 0 Å². The van der Waals surface area contributed by atoms with Crippen LogP contribution in [0.2, 0.25) is 0 Å². The van der Waals surface area contributed by atoms with Crippen LogP contribution in [0.1, 0.15) is 25.7 Å². The molecule has 0 aromatic rings. The van der Waals surface area contributed by atoms with E-state index in [0.29, 0.717) is 0 Å². The SMILES string of the molecule is [CH2]CCC#CC#CC#CC#CC#CC#CCC[CH2]. The molecule has 0 aliphatic heterocycles. The number of hydrogen-bond acceptors (Lipinski definition) is 0. The van der Waals surface area contributed by atoms with Crippen molar-refractivity contribution >= 4 is 0 Å². The molecule has 0 heterocycles. The Hall–Kier alpha value is -2.64. The van der Waals surface area contributed by atoms with E-state index < -0.39 is 0 Å². The van der Waals surface area contributed by atoms with Crippen molar-refractivity contribution in [2.75, 3.05) is 0 Å². The fourth-order valence-corrected chi connectivity index (χ4v) is 0.640. The van der Waals surface area contributed by atoms with Crippen LogP contribution >= 0.6 is 0 Å². The zero-order chi connectivity index (χ0) is 13.3. The summed E-state index contributed by atoms with van der Waals surface area (Å²) >= 11 is 0. The van der Waals surface area contributed by atoms with Gasteiger partial charge in [0.1, 0.15) is 0 Å². The summed E-state index contributed by atoms with van der Waals surface area (Å²) in [4.78, 5) is 0. The first-order valence-electron chi connectivity index (χ1n) is 5.46. The third kappa shape index (κ3) is 13.4. The minimum atomic E-state index is 0.757. The molecule has 0 spiro atoms. The van der Waals surface area contributed by atoms with Crippen molar-refractivity contribution in [2.45, 2.75) is 25.7 Å². The number of unbranched alkanes of at least 4 members (excludes halogenated alkanes) is 2. The lowest BCUT2D eigenvalue weighted by Crippen LogP contribution is -1.60. The first-order chi connectivity index (χ1) is 8.91. The Balaban J connectivity index is 4.07. The Kier molecular flexibility index (Phi) is 12.3. The van der Waals surface area contributed by atoms with Gasteiger partial charge in [0.15, 0.2) is 0 Å². The van der Waals surface area contributed by atoms with Crippen LogP contribution in [-0.4, -0.2) is 0 Å². The van der Waals surface area contributed by atoms with E-state index in [0.717, 1.165) is 25.7 Å². The Bertz CT molecular complexity index is 536. The first kappa shape index (κ1) is 15.4. The zero-order valence-corrected chi connectivity index (χ0v) is 10.2. The molecule has 0 fully saturated rings. The van der Waals surface area contributed by atoms with Crippen molar-refractivity contribution in [2.24, 2.45) is 0 Å². The second-order valence-corrected chi connectivity index (χ2v) is 2.81. The van der Waals surface area contributed by atoms with Crippen LogP contribution in [-0.2, 0) is 0 Å². The van der Waals surface area contributed by atoms with Crippen molar-refractivity contribution in [3.63, 3.8) is 0 Å². The summed E-state index contributed by atoms with van der Waals surface area (Å²) in [6, 6.07) is 0. The molecule has 0 saturated carbocycles. The lowest BCUT2D eigenvalue weighted by molar-refractivity contribution is 1.08. The molecule has 2 radical (unpaired) electrons. The van der Waals surface area contributed by atoms with Gasteiger partial charge in [-0.3, -0.25) is 0 Å². The smallest absolute Gasteiger partial charge is 0.00989 e. The van der Waals surface area contributed by atoms with Gasteiger partial charge in [-0.05, 0) is 72.0 Å². The lowest BCUT2D eigenvalue weighted by Gasteiger charge is -1.71. The van der Waals surface area contributed by atoms with Crippen LogP contribution in [0.15, 0.2) is 0 Å². The molecule has 0 aliphatic carbocycles. The Morgan fingerprint density at radius 1 is 0.444 bits per heavy atom. The lowest BCUT2D eigenvalue weighted by atomic mass is 10.3. The van der Waals surface area contributed by atoms with Gasteiger partial charge in [0.25, 0.3) is 0 Å². The van der Waals surface area contributed by atoms with Gasteiger partial charge in [-0.2, -0.15) is 0 Å². The molecule has 0 rings (SSSR count). The Morgan fingerprint density at radius 2 is 0.722 bits per heavy atom. The van der Waals surface area contributed by atoms with E-state index in [4.69, 9.17) is 0 Å². The van der Waals surface area contributed by atoms with Crippen LogP contribution in [0.25, 0.3) is 0 Å². The van der Waals surface area contributed by atoms with Crippen molar-refractivity contribution in [1.82, 2.24) is 0 Å². The van der Waals surface area contributed by atoms with Crippen molar-refractivity contribution in [3.05, 3.63) is 13.8 Å². The largest absolute Gasteiger partial charge is 0.0891 e. The van der Waals surface area contributed by atoms with Crippen LogP contribution < -0.4 is 0 Å². The highest BCUT2D eigenvalue weighted by Gasteiger charge is 1.66. The van der Waals surface area contributed by atoms with Gasteiger partial charge in [-0.1, -0.05) is 25.7 Å². The van der Waals surface area contributed by atoms with Crippen LogP contribution in [0, 0.1) is 84.9 Å². The second kappa shape index (κ2) is 14.4. The van der Waals surface area contributed by atoms with E-state index in [1.165, 1.54) is 0 Å². The molecule has 0 atom stereocenters. The average Bonchev–Trinajstić information content (AvgIpc) is 2.39. The summed E-state index contributed by atoms with van der Waals surface area (Å²) < 4.78 is 0. The van der Waals surface area contributed by atoms with Gasteiger partial charge in [0, 0.05) is 12.8 Å². The molecule has 0 nitrogen and oxygen atoms in total. The van der Waals surface area contributed by atoms with Crippen LogP contribution in [0.4, 0.5) is 0 Å². The van der Waals surface area contributed by atoms with E-state index in [1.54, 1.807) is 0 Å². The number of rotatable bonds is 2. The molecule has 0 amide bonds. The van der Waals surface area contributed by atoms with Crippen LogP contribution in [0.3, 0.4) is 0 Å². The fourth-order valence-electron chi connectivity index (χ4n) is 0.640. The normalized spacial score (nSPS) is 5.67. The van der Waals surface area contributed by atoms with Gasteiger partial charge < -0.3 is 0 Å². The van der Waals surface area contributed by atoms with E-state index in [9.17, 15) is 0 Å². The molecular formula is C18H12. The highest BCUT2D eigenvalue weighted by molar-refractivity contribution is 5.44. The topological polar surface area (TPSA) is 0 Å². The molecule has 18 heavy (non-hydrogen) atoms. The quantitative estimate of drug-likeness (QED) is 0.636. The maximum atomic E-state index is 3.66. The highest BCUT2D eigenvalue weighted by atomic mass is 13.7. The van der Waals surface area contributed by atoms with Crippen LogP contribution in [0.5, 0.6) is 0 Å². The van der Waals surface area contributed by atoms with Crippen molar-refractivity contribution in [3.8, 4) is 71.0 Å². The minimum absolute atomic E-state index is 0.757. The molecule has 84 valence electrons. The summed E-state index contributed by atoms with van der Waals surface area (Å²) in [5, 5.41) is 0. The molecule has 0 N–H and O–H groups in total. The standard InChI is InChI=1S/C18H12/c1-3-5-7-9-11-13-15-17-18-16-14-12-10-8-6-4-2/h1-6H2. The molecule has 0 heteroatoms. The summed E-state index contributed by atoms with van der Waals surface area (Å²) in [6.45, 7) is 7.32. The first-order valence-corrected chi connectivity index (χ1v) is 5.46. The van der Waals surface area contributed by atoms with Crippen molar-refractivity contribution in [1.29, 1.82) is 0 Å². The highest BCUT2D eigenvalue weighted by Crippen LogP contribution is 1.79. The van der Waals surface area contributed by atoms with E-state index >= 15 is 0 Å². The monoisotopic (exact) mass is 228 g/mol. The Labute approximate surface area is 111 Å². The van der Waals surface area contributed by atoms with E-state index in [1.807, 2.05) is 0 Å².